The summed E-state index contributed by atoms with van der Waals surface area (Å²) in [7, 11) is 3.18. The number of hydrogen-bond donors (Lipinski definition) is 6. The van der Waals surface area contributed by atoms with Gasteiger partial charge in [-0.25, -0.2) is 30.9 Å². The summed E-state index contributed by atoms with van der Waals surface area (Å²) in [6.45, 7) is 1.02. The molecule has 0 saturated carbocycles. The van der Waals surface area contributed by atoms with Crippen molar-refractivity contribution in [3.8, 4) is 47.7 Å². The van der Waals surface area contributed by atoms with Crippen molar-refractivity contribution in [3.05, 3.63) is 96.6 Å². The third kappa shape index (κ3) is 14.2. The lowest BCUT2D eigenvalue weighted by molar-refractivity contribution is -0.130. The molecule has 0 bridgehead atoms. The van der Waals surface area contributed by atoms with E-state index in [1.807, 2.05) is 72.8 Å². The number of benzene rings is 4. The number of carbonyl (C=O) groups excluding carboxylic acids is 2. The molecule has 4 aromatic carbocycles. The summed E-state index contributed by atoms with van der Waals surface area (Å²) in [5, 5.41) is 25.2. The molecule has 6 rings (SSSR count). The van der Waals surface area contributed by atoms with Gasteiger partial charge in [0.2, 0.25) is 11.8 Å². The van der Waals surface area contributed by atoms with Crippen molar-refractivity contribution >= 4 is 56.6 Å². The van der Waals surface area contributed by atoms with Crippen molar-refractivity contribution in [2.75, 3.05) is 38.1 Å². The van der Waals surface area contributed by atoms with Crippen molar-refractivity contribution < 1.29 is 39.0 Å². The van der Waals surface area contributed by atoms with Gasteiger partial charge in [-0.3, -0.25) is 20.0 Å². The number of unbranched alkanes of at least 4 members (excludes halogenated alkanes) is 6. The van der Waals surface area contributed by atoms with Crippen LogP contribution < -0.4 is 40.5 Å². The molecule has 2 aromatic heterocycles. The summed E-state index contributed by atoms with van der Waals surface area (Å²) >= 11 is 0. The SMILES string of the molecule is C#Cc1cccc(Nc2ncnc3cc(OC)c(OCCCCCCC(=O)NO)cc23)c1.C#Cc1cccc(Nc2ncnc3cc(OC)c(OCCCCCCC(=O)NO)cc23)c1. The molecule has 0 radical (unpaired) electrons. The average Bonchev–Trinajstić information content (AvgIpc) is 3.33. The molecule has 2 amide bonds. The molecule has 332 valence electrons. The zero-order chi connectivity index (χ0) is 45.5. The predicted octanol–water partition coefficient (Wildman–Crippen LogP) is 8.40. The Morgan fingerprint density at radius 1 is 0.562 bits per heavy atom. The maximum atomic E-state index is 11.0. The number of anilines is 4. The van der Waals surface area contributed by atoms with Crippen LogP contribution >= 0.6 is 0 Å². The Morgan fingerprint density at radius 2 is 0.984 bits per heavy atom. The van der Waals surface area contributed by atoms with Crippen LogP contribution in [0.2, 0.25) is 0 Å². The summed E-state index contributed by atoms with van der Waals surface area (Å²) in [5.41, 5.74) is 7.93. The minimum atomic E-state index is -0.361. The molecule has 6 N–H and O–H groups in total. The molecule has 0 aliphatic heterocycles. The number of rotatable bonds is 22. The number of hydroxylamine groups is 2. The second-order valence-corrected chi connectivity index (χ2v) is 14.3. The molecule has 64 heavy (non-hydrogen) atoms. The molecule has 0 atom stereocenters. The molecule has 2 heterocycles. The van der Waals surface area contributed by atoms with Crippen LogP contribution in [0.1, 0.15) is 75.3 Å². The van der Waals surface area contributed by atoms with E-state index >= 15 is 0 Å². The number of methoxy groups -OCH3 is 2. The first-order chi connectivity index (χ1) is 31.3. The summed E-state index contributed by atoms with van der Waals surface area (Å²) in [5.74, 6) is 8.20. The van der Waals surface area contributed by atoms with Gasteiger partial charge in [0.15, 0.2) is 23.0 Å². The number of terminal acetylenes is 2. The number of hydrogen-bond acceptors (Lipinski definition) is 14. The Labute approximate surface area is 372 Å². The highest BCUT2D eigenvalue weighted by atomic mass is 16.5. The van der Waals surface area contributed by atoms with E-state index in [-0.39, 0.29) is 11.8 Å². The molecule has 16 heteroatoms. The van der Waals surface area contributed by atoms with Crippen molar-refractivity contribution in [3.63, 3.8) is 0 Å². The smallest absolute Gasteiger partial charge is 0.243 e. The number of fused-ring (bicyclic) bond motifs is 2. The van der Waals surface area contributed by atoms with Crippen molar-refractivity contribution in [2.24, 2.45) is 0 Å². The minimum absolute atomic E-state index is 0.315. The lowest BCUT2D eigenvalue weighted by Gasteiger charge is -2.14. The topological polar surface area (TPSA) is 211 Å². The van der Waals surface area contributed by atoms with Crippen LogP contribution in [0.3, 0.4) is 0 Å². The largest absolute Gasteiger partial charge is 0.493 e. The number of nitrogens with zero attached hydrogens (tertiary/aromatic N) is 4. The van der Waals surface area contributed by atoms with Gasteiger partial charge >= 0.3 is 0 Å². The van der Waals surface area contributed by atoms with E-state index in [0.717, 1.165) is 95.7 Å². The van der Waals surface area contributed by atoms with Crippen molar-refractivity contribution in [1.29, 1.82) is 0 Å². The molecule has 16 nitrogen and oxygen atoms in total. The summed E-state index contributed by atoms with van der Waals surface area (Å²) < 4.78 is 22.9. The Balaban J connectivity index is 0.000000241. The third-order valence-electron chi connectivity index (χ3n) is 9.79. The molecule has 0 fully saturated rings. The predicted molar refractivity (Wildman–Crippen MR) is 245 cm³/mol. The second-order valence-electron chi connectivity index (χ2n) is 14.3. The van der Waals surface area contributed by atoms with E-state index in [2.05, 4.69) is 42.4 Å². The Kier molecular flexibility index (Phi) is 18.7. The lowest BCUT2D eigenvalue weighted by atomic mass is 10.1. The third-order valence-corrected chi connectivity index (χ3v) is 9.79. The van der Waals surface area contributed by atoms with Gasteiger partial charge in [-0.2, -0.15) is 0 Å². The van der Waals surface area contributed by atoms with Crippen LogP contribution in [0.25, 0.3) is 21.8 Å². The molecule has 0 spiro atoms. The van der Waals surface area contributed by atoms with E-state index in [1.54, 1.807) is 25.2 Å². The Hall–Kier alpha value is -7.66. The van der Waals surface area contributed by atoms with Crippen LogP contribution in [-0.2, 0) is 9.59 Å². The van der Waals surface area contributed by atoms with Crippen LogP contribution in [0, 0.1) is 24.7 Å². The number of ether oxygens (including phenoxy) is 4. The molecule has 0 unspecified atom stereocenters. The first-order valence-electron chi connectivity index (χ1n) is 20.7. The van der Waals surface area contributed by atoms with E-state index < -0.39 is 0 Å². The number of amides is 2. The van der Waals surface area contributed by atoms with Crippen LogP contribution in [0.5, 0.6) is 23.0 Å². The van der Waals surface area contributed by atoms with Gasteiger partial charge in [0.1, 0.15) is 24.3 Å². The first-order valence-corrected chi connectivity index (χ1v) is 20.7. The van der Waals surface area contributed by atoms with E-state index in [0.29, 0.717) is 60.7 Å². The molecule has 0 saturated heterocycles. The quantitative estimate of drug-likeness (QED) is 0.0164. The van der Waals surface area contributed by atoms with Gasteiger partial charge in [0.05, 0.1) is 38.5 Å². The standard InChI is InChI=1S/2C24H26N4O4/c2*1-3-17-9-8-10-18(13-17)27-24-19-14-22(21(31-2)15-20(19)25-16-26-24)32-12-7-5-4-6-11-23(29)28-30/h2*1,8-10,13-16,30H,4-7,11-12H2,2H3,(H,28,29)(H,25,26,27). The van der Waals surface area contributed by atoms with Crippen LogP contribution in [0.4, 0.5) is 23.0 Å². The van der Waals surface area contributed by atoms with Gasteiger partial charge in [-0.05, 0) is 74.2 Å². The maximum Gasteiger partial charge on any atom is 0.243 e. The number of carbonyl (C=O) groups is 2. The zero-order valence-electron chi connectivity index (χ0n) is 35.9. The lowest BCUT2D eigenvalue weighted by Crippen LogP contribution is -2.17. The van der Waals surface area contributed by atoms with Crippen molar-refractivity contribution in [1.82, 2.24) is 30.9 Å². The van der Waals surface area contributed by atoms with Gasteiger partial charge in [-0.1, -0.05) is 49.7 Å². The fourth-order valence-corrected chi connectivity index (χ4v) is 6.48. The van der Waals surface area contributed by atoms with Gasteiger partial charge in [-0.15, -0.1) is 12.8 Å². The average molecular weight is 869 g/mol. The molecule has 0 aliphatic rings. The second kappa shape index (κ2) is 25.3. The zero-order valence-corrected chi connectivity index (χ0v) is 35.9. The fourth-order valence-electron chi connectivity index (χ4n) is 6.48. The Morgan fingerprint density at radius 3 is 1.38 bits per heavy atom. The summed E-state index contributed by atoms with van der Waals surface area (Å²) in [6.07, 6.45) is 21.3. The van der Waals surface area contributed by atoms with Gasteiger partial charge in [0.25, 0.3) is 0 Å². The summed E-state index contributed by atoms with van der Waals surface area (Å²) in [4.78, 5) is 39.5. The Bertz CT molecular complexity index is 2400. The minimum Gasteiger partial charge on any atom is -0.493 e. The monoisotopic (exact) mass is 868 g/mol. The highest BCUT2D eigenvalue weighted by molar-refractivity contribution is 5.94. The van der Waals surface area contributed by atoms with Crippen LogP contribution in [-0.4, -0.2) is 69.6 Å². The van der Waals surface area contributed by atoms with Crippen molar-refractivity contribution in [2.45, 2.75) is 64.2 Å². The molecular weight excluding hydrogens is 817 g/mol. The number of nitrogens with one attached hydrogen (secondary N) is 4. The fraction of sp³-hybridized carbons (Fsp3) is 0.292. The normalized spacial score (nSPS) is 10.4. The summed E-state index contributed by atoms with van der Waals surface area (Å²) in [6, 6.07) is 22.5. The highest BCUT2D eigenvalue weighted by Gasteiger charge is 2.14. The molecule has 6 aromatic rings. The van der Waals surface area contributed by atoms with Crippen LogP contribution in [0.15, 0.2) is 85.5 Å². The van der Waals surface area contributed by atoms with E-state index in [4.69, 9.17) is 42.2 Å². The maximum absolute atomic E-state index is 11.0. The van der Waals surface area contributed by atoms with Gasteiger partial charge < -0.3 is 29.6 Å². The van der Waals surface area contributed by atoms with E-state index in [9.17, 15) is 9.59 Å². The number of aromatic nitrogens is 4. The molecule has 0 aliphatic carbocycles. The molecular formula is C48H52N8O8. The van der Waals surface area contributed by atoms with Gasteiger partial charge in [0, 0.05) is 58.2 Å². The highest BCUT2D eigenvalue weighted by Crippen LogP contribution is 2.36. The van der Waals surface area contributed by atoms with E-state index in [1.165, 1.54) is 12.7 Å². The first kappa shape index (κ1) is 47.4.